The zero-order valence-electron chi connectivity index (χ0n) is 13.9. The number of hydrogen-bond donors (Lipinski definition) is 3. The summed E-state index contributed by atoms with van der Waals surface area (Å²) in [5.41, 5.74) is 0. The van der Waals surface area contributed by atoms with Crippen LogP contribution in [0, 0.1) is 0 Å². The van der Waals surface area contributed by atoms with E-state index in [0.717, 1.165) is 0 Å². The molecule has 23 heavy (non-hydrogen) atoms. The third kappa shape index (κ3) is 8.90. The molecule has 130 valence electrons. The topological polar surface area (TPSA) is 89.1 Å². The number of ether oxygens (including phenoxy) is 3. The quantitative estimate of drug-likeness (QED) is 0.559. The number of benzene rings is 1. The van der Waals surface area contributed by atoms with Gasteiger partial charge in [0, 0.05) is 25.7 Å². The molecule has 3 N–H and O–H groups in total. The molecule has 7 nitrogen and oxygen atoms in total. The fourth-order valence-electron chi connectivity index (χ4n) is 1.64. The van der Waals surface area contributed by atoms with Crippen molar-refractivity contribution in [3.05, 3.63) is 24.3 Å². The maximum absolute atomic E-state index is 10.9. The first-order valence-corrected chi connectivity index (χ1v) is 7.63. The van der Waals surface area contributed by atoms with Crippen LogP contribution >= 0.6 is 0 Å². The molecule has 0 aliphatic heterocycles. The molecule has 1 unspecified atom stereocenters. The highest BCUT2D eigenvalue weighted by molar-refractivity contribution is 5.66. The van der Waals surface area contributed by atoms with Crippen LogP contribution in [0.4, 0.5) is 4.79 Å². The molecule has 0 bridgehead atoms. The lowest BCUT2D eigenvalue weighted by molar-refractivity contribution is 0.104. The van der Waals surface area contributed by atoms with Gasteiger partial charge in [-0.05, 0) is 12.1 Å². The molecule has 0 radical (unpaired) electrons. The van der Waals surface area contributed by atoms with Crippen molar-refractivity contribution in [2.45, 2.75) is 26.0 Å². The first-order chi connectivity index (χ1) is 11.0. The van der Waals surface area contributed by atoms with Crippen LogP contribution in [0.1, 0.15) is 13.8 Å². The number of amides is 1. The van der Waals surface area contributed by atoms with E-state index < -0.39 is 12.2 Å². The van der Waals surface area contributed by atoms with Gasteiger partial charge in [0.05, 0.1) is 0 Å². The molecule has 0 aliphatic carbocycles. The highest BCUT2D eigenvalue weighted by atomic mass is 16.6. The van der Waals surface area contributed by atoms with Crippen LogP contribution in [0.5, 0.6) is 11.5 Å². The number of rotatable bonds is 10. The third-order valence-electron chi connectivity index (χ3n) is 2.80. The molecule has 1 rings (SSSR count). The summed E-state index contributed by atoms with van der Waals surface area (Å²) in [6.07, 6.45) is -1.07. The summed E-state index contributed by atoms with van der Waals surface area (Å²) in [7, 11) is 1.50. The Bertz CT molecular complexity index is 468. The smallest absolute Gasteiger partial charge is 0.406 e. The van der Waals surface area contributed by atoms with Gasteiger partial charge in [0.15, 0.2) is 0 Å². The summed E-state index contributed by atoms with van der Waals surface area (Å²) < 4.78 is 15.8. The minimum atomic E-state index is -0.581. The van der Waals surface area contributed by atoms with Gasteiger partial charge >= 0.3 is 6.09 Å². The fourth-order valence-corrected chi connectivity index (χ4v) is 1.64. The molecule has 0 aliphatic rings. The van der Waals surface area contributed by atoms with Crippen LogP contribution in [0.2, 0.25) is 0 Å². The number of carbonyl (C=O) groups is 1. The molecule has 1 aromatic carbocycles. The van der Waals surface area contributed by atoms with Gasteiger partial charge in [0.25, 0.3) is 0 Å². The number of aliphatic hydroxyl groups is 1. The van der Waals surface area contributed by atoms with E-state index in [0.29, 0.717) is 24.1 Å². The Labute approximate surface area is 136 Å². The molecule has 0 aromatic heterocycles. The fraction of sp³-hybridized carbons (Fsp3) is 0.562. The predicted octanol–water partition coefficient (Wildman–Crippen LogP) is 1.16. The van der Waals surface area contributed by atoms with Gasteiger partial charge in [-0.15, -0.1) is 0 Å². The summed E-state index contributed by atoms with van der Waals surface area (Å²) >= 11 is 0. The lowest BCUT2D eigenvalue weighted by Gasteiger charge is -2.15. The first kappa shape index (κ1) is 19.1. The normalized spacial score (nSPS) is 11.9. The summed E-state index contributed by atoms with van der Waals surface area (Å²) in [5.74, 6) is 1.22. The molecule has 0 spiro atoms. The summed E-state index contributed by atoms with van der Waals surface area (Å²) in [6, 6.07) is 7.41. The van der Waals surface area contributed by atoms with Gasteiger partial charge in [-0.3, -0.25) is 0 Å². The molecule has 0 heterocycles. The Hall–Kier alpha value is -1.99. The molecule has 1 amide bonds. The Morgan fingerprint density at radius 1 is 1.22 bits per heavy atom. The van der Waals surface area contributed by atoms with Gasteiger partial charge in [0.2, 0.25) is 0 Å². The molecule has 0 saturated heterocycles. The highest BCUT2D eigenvalue weighted by Crippen LogP contribution is 2.19. The number of carbonyl (C=O) groups excluding carboxylic acids is 1. The lowest BCUT2D eigenvalue weighted by Crippen LogP contribution is -2.35. The van der Waals surface area contributed by atoms with Crippen molar-refractivity contribution in [3.63, 3.8) is 0 Å². The van der Waals surface area contributed by atoms with Crippen molar-refractivity contribution < 1.29 is 24.1 Å². The average Bonchev–Trinajstić information content (AvgIpc) is 2.55. The molecule has 1 aromatic rings. The van der Waals surface area contributed by atoms with Crippen LogP contribution in [0.3, 0.4) is 0 Å². The van der Waals surface area contributed by atoms with Crippen LogP contribution in [-0.4, -0.2) is 56.8 Å². The number of aliphatic hydroxyl groups excluding tert-OH is 1. The second-order valence-electron chi connectivity index (χ2n) is 5.24. The number of alkyl carbamates (subject to hydrolysis) is 1. The third-order valence-corrected chi connectivity index (χ3v) is 2.80. The summed E-state index contributed by atoms with van der Waals surface area (Å²) in [5, 5.41) is 15.3. The number of nitrogens with one attached hydrogen (secondary N) is 2. The van der Waals surface area contributed by atoms with Gasteiger partial charge in [-0.25, -0.2) is 4.79 Å². The van der Waals surface area contributed by atoms with Gasteiger partial charge in [-0.1, -0.05) is 19.9 Å². The van der Waals surface area contributed by atoms with Crippen LogP contribution in [-0.2, 0) is 4.74 Å². The SMILES string of the molecule is CNC(=O)OCCOc1cccc(OCC(O)CNC(C)C)c1. The molecule has 7 heteroatoms. The van der Waals surface area contributed by atoms with Crippen molar-refractivity contribution in [1.82, 2.24) is 10.6 Å². The zero-order chi connectivity index (χ0) is 17.1. The summed E-state index contributed by atoms with van der Waals surface area (Å²) in [6.45, 7) is 5.11. The Balaban J connectivity index is 2.31. The number of hydrogen-bond acceptors (Lipinski definition) is 6. The first-order valence-electron chi connectivity index (χ1n) is 7.63. The van der Waals surface area contributed by atoms with Crippen LogP contribution < -0.4 is 20.1 Å². The van der Waals surface area contributed by atoms with E-state index in [1.807, 2.05) is 13.8 Å². The minimum absolute atomic E-state index is 0.157. The van der Waals surface area contributed by atoms with E-state index in [1.54, 1.807) is 24.3 Å². The average molecular weight is 326 g/mol. The van der Waals surface area contributed by atoms with Gasteiger partial charge < -0.3 is 30.0 Å². The van der Waals surface area contributed by atoms with Crippen LogP contribution in [0.25, 0.3) is 0 Å². The molecule has 0 fully saturated rings. The van der Waals surface area contributed by atoms with E-state index in [9.17, 15) is 9.90 Å². The Morgan fingerprint density at radius 2 is 1.91 bits per heavy atom. The van der Waals surface area contributed by atoms with Crippen molar-refractivity contribution >= 4 is 6.09 Å². The second kappa shape index (κ2) is 10.7. The van der Waals surface area contributed by atoms with Crippen molar-refractivity contribution in [3.8, 4) is 11.5 Å². The standard InChI is InChI=1S/C16H26N2O5/c1-12(2)18-10-13(19)11-23-15-6-4-5-14(9-15)21-7-8-22-16(20)17-3/h4-6,9,12-13,18-19H,7-8,10-11H2,1-3H3,(H,17,20). The molecule has 1 atom stereocenters. The maximum Gasteiger partial charge on any atom is 0.406 e. The molecular formula is C16H26N2O5. The van der Waals surface area contributed by atoms with Crippen molar-refractivity contribution in [2.24, 2.45) is 0 Å². The highest BCUT2D eigenvalue weighted by Gasteiger charge is 2.06. The van der Waals surface area contributed by atoms with Gasteiger partial charge in [-0.2, -0.15) is 0 Å². The van der Waals surface area contributed by atoms with Crippen LogP contribution in [0.15, 0.2) is 24.3 Å². The van der Waals surface area contributed by atoms with E-state index in [4.69, 9.17) is 14.2 Å². The zero-order valence-corrected chi connectivity index (χ0v) is 13.9. The summed E-state index contributed by atoms with van der Waals surface area (Å²) in [4.78, 5) is 10.9. The largest absolute Gasteiger partial charge is 0.491 e. The minimum Gasteiger partial charge on any atom is -0.491 e. The maximum atomic E-state index is 10.9. The molecule has 0 saturated carbocycles. The Kier molecular flexibility index (Phi) is 8.86. The van der Waals surface area contributed by atoms with E-state index in [1.165, 1.54) is 7.05 Å². The Morgan fingerprint density at radius 3 is 2.57 bits per heavy atom. The monoisotopic (exact) mass is 326 g/mol. The molecular weight excluding hydrogens is 300 g/mol. The van der Waals surface area contributed by atoms with E-state index >= 15 is 0 Å². The van der Waals surface area contributed by atoms with Crippen molar-refractivity contribution in [1.29, 1.82) is 0 Å². The van der Waals surface area contributed by atoms with E-state index in [-0.39, 0.29) is 19.8 Å². The lowest BCUT2D eigenvalue weighted by atomic mass is 10.3. The van der Waals surface area contributed by atoms with Crippen molar-refractivity contribution in [2.75, 3.05) is 33.4 Å². The van der Waals surface area contributed by atoms with Gasteiger partial charge in [0.1, 0.15) is 37.4 Å². The second-order valence-corrected chi connectivity index (χ2v) is 5.24. The predicted molar refractivity (Wildman–Crippen MR) is 87.0 cm³/mol. The van der Waals surface area contributed by atoms with E-state index in [2.05, 4.69) is 10.6 Å².